The topological polar surface area (TPSA) is 64.0 Å². The van der Waals surface area contributed by atoms with Gasteiger partial charge in [0.1, 0.15) is 11.5 Å². The van der Waals surface area contributed by atoms with Crippen LogP contribution < -0.4 is 0 Å². The quantitative estimate of drug-likeness (QED) is 0.640. The van der Waals surface area contributed by atoms with Crippen molar-refractivity contribution in [2.75, 3.05) is 33.2 Å². The summed E-state index contributed by atoms with van der Waals surface area (Å²) in [6.45, 7) is 4.81. The molecule has 0 radical (unpaired) electrons. The van der Waals surface area contributed by atoms with E-state index in [2.05, 4.69) is 16.8 Å². The number of carbonyl (C=O) groups excluding carboxylic acids is 1. The van der Waals surface area contributed by atoms with Gasteiger partial charge in [0, 0.05) is 43.9 Å². The maximum Gasteiger partial charge on any atom is 0.185 e. The van der Waals surface area contributed by atoms with Crippen LogP contribution in [0.1, 0.15) is 21.5 Å². The Labute approximate surface area is 153 Å². The Hall–Kier alpha value is -2.63. The molecule has 0 aliphatic carbocycles. The molecule has 0 aromatic heterocycles. The van der Waals surface area contributed by atoms with Crippen molar-refractivity contribution in [3.05, 3.63) is 65.2 Å². The minimum atomic E-state index is -0.147. The Morgan fingerprint density at radius 3 is 2.38 bits per heavy atom. The average molecular weight is 352 g/mol. The number of carbonyl (C=O) groups is 1. The number of hydrogen-bond donors (Lipinski definition) is 2. The minimum absolute atomic E-state index is 0.131. The van der Waals surface area contributed by atoms with Gasteiger partial charge in [0.15, 0.2) is 5.78 Å². The number of piperazine rings is 1. The molecule has 3 rings (SSSR count). The van der Waals surface area contributed by atoms with Crippen LogP contribution in [-0.4, -0.2) is 59.0 Å². The van der Waals surface area contributed by atoms with Crippen LogP contribution in [0, 0.1) is 0 Å². The van der Waals surface area contributed by atoms with Gasteiger partial charge in [-0.2, -0.15) is 0 Å². The zero-order chi connectivity index (χ0) is 18.5. The Balaban J connectivity index is 1.63. The van der Waals surface area contributed by atoms with Gasteiger partial charge < -0.3 is 15.1 Å². The predicted octanol–water partition coefficient (Wildman–Crippen LogP) is 2.74. The predicted molar refractivity (Wildman–Crippen MR) is 102 cm³/mol. The summed E-state index contributed by atoms with van der Waals surface area (Å²) >= 11 is 0. The first-order valence-electron chi connectivity index (χ1n) is 8.75. The highest BCUT2D eigenvalue weighted by Crippen LogP contribution is 2.22. The Bertz CT molecular complexity index is 791. The molecule has 2 N–H and O–H groups in total. The number of allylic oxidation sites excluding steroid dienone is 1. The molecule has 5 heteroatoms. The van der Waals surface area contributed by atoms with E-state index in [1.54, 1.807) is 24.3 Å². The fourth-order valence-corrected chi connectivity index (χ4v) is 2.96. The highest BCUT2D eigenvalue weighted by atomic mass is 16.3. The fraction of sp³-hybridized carbons (Fsp3) is 0.286. The second-order valence-corrected chi connectivity index (χ2v) is 6.71. The SMILES string of the molecule is CN1CCN(Cc2ccc(/C=C/C(=O)c3ccc(O)cc3)cc2O)CC1. The Morgan fingerprint density at radius 1 is 1.04 bits per heavy atom. The standard InChI is InChI=1S/C21H24N2O3/c1-22-10-12-23(13-11-22)15-18-4-2-16(14-21(18)26)3-9-20(25)17-5-7-19(24)8-6-17/h2-9,14,24,26H,10-13,15H2,1H3/b9-3+. The highest BCUT2D eigenvalue weighted by Gasteiger charge is 2.15. The number of rotatable bonds is 5. The van der Waals surface area contributed by atoms with Gasteiger partial charge in [-0.3, -0.25) is 9.69 Å². The Morgan fingerprint density at radius 2 is 1.73 bits per heavy atom. The van der Waals surface area contributed by atoms with E-state index in [-0.39, 0.29) is 17.3 Å². The van der Waals surface area contributed by atoms with Crippen molar-refractivity contribution in [2.45, 2.75) is 6.54 Å². The molecule has 1 fully saturated rings. The lowest BCUT2D eigenvalue weighted by Gasteiger charge is -2.32. The molecule has 2 aromatic carbocycles. The van der Waals surface area contributed by atoms with Crippen molar-refractivity contribution >= 4 is 11.9 Å². The zero-order valence-electron chi connectivity index (χ0n) is 14.9. The molecule has 0 unspecified atom stereocenters. The summed E-state index contributed by atoms with van der Waals surface area (Å²) in [6.07, 6.45) is 3.16. The normalized spacial score (nSPS) is 16.2. The minimum Gasteiger partial charge on any atom is -0.508 e. The summed E-state index contributed by atoms with van der Waals surface area (Å²) in [7, 11) is 2.12. The number of hydrogen-bond acceptors (Lipinski definition) is 5. The van der Waals surface area contributed by atoms with Crippen molar-refractivity contribution in [1.29, 1.82) is 0 Å². The number of benzene rings is 2. The molecule has 1 aliphatic rings. The molecule has 0 atom stereocenters. The lowest BCUT2D eigenvalue weighted by molar-refractivity contribution is 0.104. The largest absolute Gasteiger partial charge is 0.508 e. The molecule has 0 saturated carbocycles. The number of ketones is 1. The van der Waals surface area contributed by atoms with Crippen LogP contribution in [0.4, 0.5) is 0 Å². The molecule has 0 spiro atoms. The van der Waals surface area contributed by atoms with Crippen LogP contribution in [0.25, 0.3) is 6.08 Å². The van der Waals surface area contributed by atoms with Crippen molar-refractivity contribution in [3.63, 3.8) is 0 Å². The third kappa shape index (κ3) is 4.71. The first kappa shape index (κ1) is 18.2. The summed E-state index contributed by atoms with van der Waals surface area (Å²) in [6, 6.07) is 11.6. The van der Waals surface area contributed by atoms with E-state index in [1.807, 2.05) is 12.1 Å². The number of aromatic hydroxyl groups is 2. The molecular weight excluding hydrogens is 328 g/mol. The summed E-state index contributed by atoms with van der Waals surface area (Å²) in [5.74, 6) is 0.237. The van der Waals surface area contributed by atoms with Crippen LogP contribution >= 0.6 is 0 Å². The van der Waals surface area contributed by atoms with Crippen molar-refractivity contribution in [2.24, 2.45) is 0 Å². The van der Waals surface area contributed by atoms with E-state index in [0.29, 0.717) is 5.56 Å². The summed E-state index contributed by atoms with van der Waals surface area (Å²) in [5, 5.41) is 19.6. The van der Waals surface area contributed by atoms with E-state index in [0.717, 1.165) is 43.9 Å². The highest BCUT2D eigenvalue weighted by molar-refractivity contribution is 6.06. The van der Waals surface area contributed by atoms with Crippen LogP contribution in [0.15, 0.2) is 48.5 Å². The van der Waals surface area contributed by atoms with E-state index in [1.165, 1.54) is 18.2 Å². The van der Waals surface area contributed by atoms with Gasteiger partial charge in [0.25, 0.3) is 0 Å². The maximum atomic E-state index is 12.1. The Kier molecular flexibility index (Phi) is 5.71. The van der Waals surface area contributed by atoms with E-state index in [4.69, 9.17) is 0 Å². The van der Waals surface area contributed by atoms with Gasteiger partial charge in [-0.05, 0) is 49.0 Å². The van der Waals surface area contributed by atoms with Gasteiger partial charge in [0.05, 0.1) is 0 Å². The molecule has 1 aliphatic heterocycles. The van der Waals surface area contributed by atoms with E-state index in [9.17, 15) is 15.0 Å². The van der Waals surface area contributed by atoms with E-state index >= 15 is 0 Å². The lowest BCUT2D eigenvalue weighted by Crippen LogP contribution is -2.43. The van der Waals surface area contributed by atoms with Crippen molar-refractivity contribution in [1.82, 2.24) is 9.80 Å². The third-order valence-corrected chi connectivity index (χ3v) is 4.68. The van der Waals surface area contributed by atoms with Crippen LogP contribution in [0.2, 0.25) is 0 Å². The van der Waals surface area contributed by atoms with Gasteiger partial charge in [-0.1, -0.05) is 18.2 Å². The smallest absolute Gasteiger partial charge is 0.185 e. The number of phenols is 2. The molecule has 1 saturated heterocycles. The average Bonchev–Trinajstić information content (AvgIpc) is 2.64. The summed E-state index contributed by atoms with van der Waals surface area (Å²) in [5.41, 5.74) is 2.18. The molecule has 26 heavy (non-hydrogen) atoms. The van der Waals surface area contributed by atoms with Crippen LogP contribution in [0.5, 0.6) is 11.5 Å². The number of nitrogens with zero attached hydrogens (tertiary/aromatic N) is 2. The van der Waals surface area contributed by atoms with Gasteiger partial charge in [0.2, 0.25) is 0 Å². The van der Waals surface area contributed by atoms with Gasteiger partial charge >= 0.3 is 0 Å². The molecular formula is C21H24N2O3. The van der Waals surface area contributed by atoms with Crippen LogP contribution in [0.3, 0.4) is 0 Å². The zero-order valence-corrected chi connectivity index (χ0v) is 14.9. The maximum absolute atomic E-state index is 12.1. The molecule has 136 valence electrons. The summed E-state index contributed by atoms with van der Waals surface area (Å²) < 4.78 is 0. The molecule has 1 heterocycles. The number of likely N-dealkylation sites (N-methyl/N-ethyl adjacent to an activating group) is 1. The van der Waals surface area contributed by atoms with Gasteiger partial charge in [-0.15, -0.1) is 0 Å². The van der Waals surface area contributed by atoms with Gasteiger partial charge in [-0.25, -0.2) is 0 Å². The lowest BCUT2D eigenvalue weighted by atomic mass is 10.1. The first-order chi connectivity index (χ1) is 12.5. The molecule has 5 nitrogen and oxygen atoms in total. The monoisotopic (exact) mass is 352 g/mol. The second kappa shape index (κ2) is 8.17. The molecule has 0 bridgehead atoms. The fourth-order valence-electron chi connectivity index (χ4n) is 2.96. The molecule has 0 amide bonds. The van der Waals surface area contributed by atoms with E-state index < -0.39 is 0 Å². The van der Waals surface area contributed by atoms with Crippen LogP contribution in [-0.2, 0) is 6.54 Å². The summed E-state index contributed by atoms with van der Waals surface area (Å²) in [4.78, 5) is 16.8. The first-order valence-corrected chi connectivity index (χ1v) is 8.75. The second-order valence-electron chi connectivity index (χ2n) is 6.71. The van der Waals surface area contributed by atoms with Crippen molar-refractivity contribution < 1.29 is 15.0 Å². The third-order valence-electron chi connectivity index (χ3n) is 4.68. The molecule has 2 aromatic rings. The van der Waals surface area contributed by atoms with Crippen molar-refractivity contribution in [3.8, 4) is 11.5 Å². The number of phenolic OH excluding ortho intramolecular Hbond substituents is 2.